The van der Waals surface area contributed by atoms with E-state index in [0.717, 1.165) is 22.6 Å². The number of thioether (sulfide) groups is 1. The maximum atomic E-state index is 10.8. The summed E-state index contributed by atoms with van der Waals surface area (Å²) < 4.78 is 5.40. The highest BCUT2D eigenvalue weighted by molar-refractivity contribution is 7.99. The second-order valence-corrected chi connectivity index (χ2v) is 5.10. The first-order valence-corrected chi connectivity index (χ1v) is 6.41. The van der Waals surface area contributed by atoms with Gasteiger partial charge in [0.05, 0.1) is 4.90 Å². The molecule has 1 atom stereocenters. The number of amides is 1. The first-order valence-electron chi connectivity index (χ1n) is 5.42. The van der Waals surface area contributed by atoms with Crippen LogP contribution in [0.2, 0.25) is 0 Å². The molecule has 1 heterocycles. The van der Waals surface area contributed by atoms with Crippen molar-refractivity contribution in [2.75, 3.05) is 13.0 Å². The Morgan fingerprint density at radius 1 is 1.65 bits per heavy atom. The number of fused-ring (bicyclic) bond motifs is 1. The second-order valence-electron chi connectivity index (χ2n) is 4.13. The van der Waals surface area contributed by atoms with Crippen LogP contribution in [0.4, 0.5) is 4.79 Å². The molecular weight excluding hydrogens is 238 g/mol. The normalized spacial score (nSPS) is 14.9. The predicted octanol–water partition coefficient (Wildman–Crippen LogP) is 2.67. The fourth-order valence-corrected chi connectivity index (χ4v) is 2.55. The standard InChI is InChI=1S/C12H15NO3S/c1-8(13(2)12(14)15)5-9-3-4-10-11(6-9)17-7-16-10/h3-4,6,8H,5,7H2,1-2H3,(H,14,15). The van der Waals surface area contributed by atoms with E-state index >= 15 is 0 Å². The molecule has 1 aliphatic heterocycles. The van der Waals surface area contributed by atoms with Crippen molar-refractivity contribution in [3.8, 4) is 5.75 Å². The van der Waals surface area contributed by atoms with Crippen LogP contribution in [0.15, 0.2) is 23.1 Å². The van der Waals surface area contributed by atoms with Gasteiger partial charge in [-0.3, -0.25) is 0 Å². The number of hydrogen-bond acceptors (Lipinski definition) is 3. The second kappa shape index (κ2) is 4.87. The number of rotatable bonds is 3. The number of carbonyl (C=O) groups is 1. The van der Waals surface area contributed by atoms with E-state index in [1.54, 1.807) is 18.8 Å². The highest BCUT2D eigenvalue weighted by Gasteiger charge is 2.17. The zero-order valence-corrected chi connectivity index (χ0v) is 10.7. The highest BCUT2D eigenvalue weighted by atomic mass is 32.2. The van der Waals surface area contributed by atoms with E-state index in [1.165, 1.54) is 4.90 Å². The fraction of sp³-hybridized carbons (Fsp3) is 0.417. The van der Waals surface area contributed by atoms with E-state index in [0.29, 0.717) is 5.94 Å². The SMILES string of the molecule is CC(Cc1ccc2c(c1)SCO2)N(C)C(=O)O. The van der Waals surface area contributed by atoms with Crippen molar-refractivity contribution in [1.82, 2.24) is 4.90 Å². The number of ether oxygens (including phenoxy) is 1. The summed E-state index contributed by atoms with van der Waals surface area (Å²) in [7, 11) is 1.60. The topological polar surface area (TPSA) is 49.8 Å². The first-order chi connectivity index (χ1) is 8.08. The number of carboxylic acid groups (broad SMARTS) is 1. The summed E-state index contributed by atoms with van der Waals surface area (Å²) in [5, 5.41) is 8.89. The smallest absolute Gasteiger partial charge is 0.407 e. The molecule has 0 aromatic heterocycles. The molecule has 4 nitrogen and oxygen atoms in total. The Morgan fingerprint density at radius 2 is 2.41 bits per heavy atom. The average molecular weight is 253 g/mol. The molecule has 0 bridgehead atoms. The Bertz CT molecular complexity index is 436. The average Bonchev–Trinajstić information content (AvgIpc) is 2.74. The third-order valence-corrected chi connectivity index (χ3v) is 3.80. The highest BCUT2D eigenvalue weighted by Crippen LogP contribution is 2.36. The van der Waals surface area contributed by atoms with Crippen LogP contribution in [-0.4, -0.2) is 35.1 Å². The van der Waals surface area contributed by atoms with Crippen molar-refractivity contribution in [2.24, 2.45) is 0 Å². The lowest BCUT2D eigenvalue weighted by molar-refractivity contribution is 0.141. The monoisotopic (exact) mass is 253 g/mol. The Balaban J connectivity index is 2.06. The molecule has 0 saturated heterocycles. The van der Waals surface area contributed by atoms with Crippen LogP contribution in [0, 0.1) is 0 Å². The maximum absolute atomic E-state index is 10.8. The van der Waals surface area contributed by atoms with Crippen LogP contribution in [-0.2, 0) is 6.42 Å². The molecule has 1 amide bonds. The van der Waals surface area contributed by atoms with Crippen LogP contribution in [0.5, 0.6) is 5.75 Å². The van der Waals surface area contributed by atoms with Crippen molar-refractivity contribution in [3.63, 3.8) is 0 Å². The molecule has 1 aromatic carbocycles. The number of likely N-dealkylation sites (N-methyl/N-ethyl adjacent to an activating group) is 1. The van der Waals surface area contributed by atoms with Gasteiger partial charge >= 0.3 is 6.09 Å². The molecule has 1 N–H and O–H groups in total. The molecule has 92 valence electrons. The molecule has 1 aliphatic rings. The van der Waals surface area contributed by atoms with Crippen LogP contribution in [0.3, 0.4) is 0 Å². The molecule has 0 saturated carbocycles. The van der Waals surface area contributed by atoms with E-state index in [-0.39, 0.29) is 6.04 Å². The molecule has 17 heavy (non-hydrogen) atoms. The Labute approximate surface area is 105 Å². The van der Waals surface area contributed by atoms with E-state index in [4.69, 9.17) is 9.84 Å². The summed E-state index contributed by atoms with van der Waals surface area (Å²) in [6, 6.07) is 6.01. The molecule has 5 heteroatoms. The Hall–Kier alpha value is -1.36. The summed E-state index contributed by atoms with van der Waals surface area (Å²) in [5.74, 6) is 1.60. The van der Waals surface area contributed by atoms with Crippen molar-refractivity contribution in [2.45, 2.75) is 24.3 Å². The third kappa shape index (κ3) is 2.66. The minimum atomic E-state index is -0.892. The minimum Gasteiger partial charge on any atom is -0.481 e. The summed E-state index contributed by atoms with van der Waals surface area (Å²) in [6.45, 7) is 1.91. The van der Waals surface area contributed by atoms with Crippen LogP contribution >= 0.6 is 11.8 Å². The van der Waals surface area contributed by atoms with Gasteiger partial charge in [-0.25, -0.2) is 4.79 Å². The molecule has 0 aliphatic carbocycles. The number of nitrogens with zero attached hydrogens (tertiary/aromatic N) is 1. The van der Waals surface area contributed by atoms with Gasteiger partial charge in [0.15, 0.2) is 0 Å². The fourth-order valence-electron chi connectivity index (χ4n) is 1.73. The Kier molecular flexibility index (Phi) is 3.47. The van der Waals surface area contributed by atoms with Crippen LogP contribution in [0.25, 0.3) is 0 Å². The predicted molar refractivity (Wildman–Crippen MR) is 66.7 cm³/mol. The van der Waals surface area contributed by atoms with Crippen molar-refractivity contribution in [3.05, 3.63) is 23.8 Å². The van der Waals surface area contributed by atoms with Crippen LogP contribution < -0.4 is 4.74 Å². The lowest BCUT2D eigenvalue weighted by Gasteiger charge is -2.21. The lowest BCUT2D eigenvalue weighted by Crippen LogP contribution is -2.35. The summed E-state index contributed by atoms with van der Waals surface area (Å²) in [6.07, 6.45) is -0.173. The zero-order valence-electron chi connectivity index (χ0n) is 9.84. The quantitative estimate of drug-likeness (QED) is 0.899. The van der Waals surface area contributed by atoms with Crippen molar-refractivity contribution < 1.29 is 14.6 Å². The molecule has 2 rings (SSSR count). The zero-order chi connectivity index (χ0) is 12.4. The maximum Gasteiger partial charge on any atom is 0.407 e. The molecule has 1 aromatic rings. The van der Waals surface area contributed by atoms with Crippen LogP contribution in [0.1, 0.15) is 12.5 Å². The van der Waals surface area contributed by atoms with E-state index < -0.39 is 6.09 Å². The molecule has 1 unspecified atom stereocenters. The summed E-state index contributed by atoms with van der Waals surface area (Å²) >= 11 is 1.67. The molecule has 0 radical (unpaired) electrons. The van der Waals surface area contributed by atoms with Gasteiger partial charge in [-0.05, 0) is 31.0 Å². The number of hydrogen-bond donors (Lipinski definition) is 1. The summed E-state index contributed by atoms with van der Waals surface area (Å²) in [4.78, 5) is 13.3. The third-order valence-electron chi connectivity index (χ3n) is 2.93. The van der Waals surface area contributed by atoms with Crippen molar-refractivity contribution >= 4 is 17.9 Å². The van der Waals surface area contributed by atoms with Gasteiger partial charge in [0.1, 0.15) is 11.7 Å². The number of benzene rings is 1. The largest absolute Gasteiger partial charge is 0.481 e. The van der Waals surface area contributed by atoms with Gasteiger partial charge < -0.3 is 14.7 Å². The van der Waals surface area contributed by atoms with Gasteiger partial charge in [0.2, 0.25) is 0 Å². The van der Waals surface area contributed by atoms with Crippen molar-refractivity contribution in [1.29, 1.82) is 0 Å². The Morgan fingerprint density at radius 3 is 3.12 bits per heavy atom. The van der Waals surface area contributed by atoms with Gasteiger partial charge in [0, 0.05) is 13.1 Å². The molecule has 0 spiro atoms. The first kappa shape index (κ1) is 12.1. The van der Waals surface area contributed by atoms with E-state index in [1.807, 2.05) is 19.1 Å². The molecular formula is C12H15NO3S. The lowest BCUT2D eigenvalue weighted by atomic mass is 10.1. The van der Waals surface area contributed by atoms with E-state index in [9.17, 15) is 4.79 Å². The van der Waals surface area contributed by atoms with Gasteiger partial charge in [0.25, 0.3) is 0 Å². The van der Waals surface area contributed by atoms with Gasteiger partial charge in [-0.1, -0.05) is 17.8 Å². The minimum absolute atomic E-state index is 0.0297. The molecule has 0 fully saturated rings. The van der Waals surface area contributed by atoms with E-state index in [2.05, 4.69) is 6.07 Å². The summed E-state index contributed by atoms with van der Waals surface area (Å²) in [5.41, 5.74) is 1.14. The van der Waals surface area contributed by atoms with Gasteiger partial charge in [-0.2, -0.15) is 0 Å². The van der Waals surface area contributed by atoms with Gasteiger partial charge in [-0.15, -0.1) is 0 Å².